The molecule has 0 fully saturated rings. The highest BCUT2D eigenvalue weighted by Gasteiger charge is 2.10. The summed E-state index contributed by atoms with van der Waals surface area (Å²) in [7, 11) is 0. The average molecular weight is 334 g/mol. The second-order valence-electron chi connectivity index (χ2n) is 5.42. The Morgan fingerprint density at radius 1 is 1.43 bits per heavy atom. The van der Waals surface area contributed by atoms with E-state index >= 15 is 0 Å². The highest BCUT2D eigenvalue weighted by molar-refractivity contribution is 7.99. The van der Waals surface area contributed by atoms with Gasteiger partial charge in [0.15, 0.2) is 5.16 Å². The fraction of sp³-hybridized carbons (Fsp3) is 0.438. The number of benzene rings is 1. The van der Waals surface area contributed by atoms with Crippen LogP contribution in [-0.2, 0) is 4.79 Å². The molecule has 0 aliphatic rings. The molecule has 124 valence electrons. The Morgan fingerprint density at radius 2 is 2.26 bits per heavy atom. The van der Waals surface area contributed by atoms with Gasteiger partial charge in [-0.3, -0.25) is 4.79 Å². The van der Waals surface area contributed by atoms with Crippen LogP contribution in [0.3, 0.4) is 0 Å². The first-order valence-corrected chi connectivity index (χ1v) is 8.53. The van der Waals surface area contributed by atoms with E-state index in [1.54, 1.807) is 6.33 Å². The molecular weight excluding hydrogens is 312 g/mol. The Bertz CT molecular complexity index is 643. The number of rotatable bonds is 8. The Balaban J connectivity index is 1.66. The second-order valence-corrected chi connectivity index (χ2v) is 6.36. The Hall–Kier alpha value is -2.02. The molecule has 0 spiro atoms. The number of aromatic nitrogens is 3. The van der Waals surface area contributed by atoms with Gasteiger partial charge in [-0.2, -0.15) is 0 Å². The van der Waals surface area contributed by atoms with Gasteiger partial charge in [-0.05, 0) is 38.5 Å². The quantitative estimate of drug-likeness (QED) is 0.593. The van der Waals surface area contributed by atoms with Crippen LogP contribution in [0.2, 0.25) is 0 Å². The van der Waals surface area contributed by atoms with Gasteiger partial charge in [0.05, 0.1) is 12.3 Å². The summed E-state index contributed by atoms with van der Waals surface area (Å²) >= 11 is 1.38. The summed E-state index contributed by atoms with van der Waals surface area (Å²) in [4.78, 5) is 11.8. The van der Waals surface area contributed by atoms with Crippen molar-refractivity contribution in [3.8, 4) is 5.75 Å². The molecular formula is C16H22N4O2S. The maximum absolute atomic E-state index is 11.8. The van der Waals surface area contributed by atoms with E-state index in [1.807, 2.05) is 35.8 Å². The van der Waals surface area contributed by atoms with Crippen molar-refractivity contribution in [3.63, 3.8) is 0 Å². The van der Waals surface area contributed by atoms with Crippen molar-refractivity contribution in [2.45, 2.75) is 32.0 Å². The van der Waals surface area contributed by atoms with E-state index in [2.05, 4.69) is 29.4 Å². The minimum absolute atomic E-state index is 0.0406. The molecule has 7 heteroatoms. The number of thioether (sulfide) groups is 1. The standard InChI is InChI=1S/C16H22N4O2S/c1-12(2)20-11-18-19-16(20)23-10-15(21)17-7-8-22-14-6-4-5-13(3)9-14/h4-6,9,11-12H,7-8,10H2,1-3H3,(H,17,21). The zero-order chi connectivity index (χ0) is 16.7. The molecule has 2 rings (SSSR count). The van der Waals surface area contributed by atoms with Gasteiger partial charge in [-0.15, -0.1) is 10.2 Å². The van der Waals surface area contributed by atoms with Crippen LogP contribution >= 0.6 is 11.8 Å². The highest BCUT2D eigenvalue weighted by Crippen LogP contribution is 2.18. The number of aryl methyl sites for hydroxylation is 1. The Labute approximate surface area is 140 Å². The lowest BCUT2D eigenvalue weighted by Gasteiger charge is -2.10. The normalized spacial score (nSPS) is 10.8. The van der Waals surface area contributed by atoms with Crippen molar-refractivity contribution in [1.82, 2.24) is 20.1 Å². The lowest BCUT2D eigenvalue weighted by Crippen LogP contribution is -2.29. The lowest BCUT2D eigenvalue weighted by molar-refractivity contribution is -0.118. The molecule has 0 unspecified atom stereocenters. The molecule has 1 aromatic heterocycles. The fourth-order valence-electron chi connectivity index (χ4n) is 1.94. The summed E-state index contributed by atoms with van der Waals surface area (Å²) in [5.41, 5.74) is 1.15. The van der Waals surface area contributed by atoms with Crippen molar-refractivity contribution in [3.05, 3.63) is 36.2 Å². The molecule has 1 aromatic carbocycles. The number of carbonyl (C=O) groups excluding carboxylic acids is 1. The monoisotopic (exact) mass is 334 g/mol. The van der Waals surface area contributed by atoms with Gasteiger partial charge in [-0.25, -0.2) is 0 Å². The molecule has 0 saturated carbocycles. The van der Waals surface area contributed by atoms with Crippen LogP contribution in [0.15, 0.2) is 35.7 Å². The van der Waals surface area contributed by atoms with E-state index in [0.29, 0.717) is 18.9 Å². The molecule has 0 saturated heterocycles. The largest absolute Gasteiger partial charge is 0.492 e. The molecule has 23 heavy (non-hydrogen) atoms. The summed E-state index contributed by atoms with van der Waals surface area (Å²) in [6.45, 7) is 7.04. The Kier molecular flexibility index (Phi) is 6.46. The molecule has 0 radical (unpaired) electrons. The molecule has 0 aliphatic heterocycles. The molecule has 0 aliphatic carbocycles. The average Bonchev–Trinajstić information content (AvgIpc) is 2.98. The maximum Gasteiger partial charge on any atom is 0.230 e. The summed E-state index contributed by atoms with van der Waals surface area (Å²) in [5.74, 6) is 1.09. The smallest absolute Gasteiger partial charge is 0.230 e. The summed E-state index contributed by atoms with van der Waals surface area (Å²) < 4.78 is 7.53. The van der Waals surface area contributed by atoms with Gasteiger partial charge in [0, 0.05) is 6.04 Å². The van der Waals surface area contributed by atoms with Crippen molar-refractivity contribution in [2.24, 2.45) is 0 Å². The molecule has 1 amide bonds. The van der Waals surface area contributed by atoms with Gasteiger partial charge in [-0.1, -0.05) is 23.9 Å². The summed E-state index contributed by atoms with van der Waals surface area (Å²) in [5, 5.41) is 11.5. The number of nitrogens with one attached hydrogen (secondary N) is 1. The first kappa shape index (κ1) is 17.3. The van der Waals surface area contributed by atoms with E-state index in [1.165, 1.54) is 11.8 Å². The third-order valence-corrected chi connectivity index (χ3v) is 4.07. The van der Waals surface area contributed by atoms with Crippen LogP contribution in [-0.4, -0.2) is 39.6 Å². The number of carbonyl (C=O) groups is 1. The van der Waals surface area contributed by atoms with Crippen LogP contribution in [0.1, 0.15) is 25.5 Å². The molecule has 0 atom stereocenters. The number of hydrogen-bond acceptors (Lipinski definition) is 5. The molecule has 6 nitrogen and oxygen atoms in total. The summed E-state index contributed by atoms with van der Waals surface area (Å²) in [6, 6.07) is 8.12. The molecule has 1 heterocycles. The number of amides is 1. The SMILES string of the molecule is Cc1cccc(OCCNC(=O)CSc2nncn2C(C)C)c1. The van der Waals surface area contributed by atoms with Crippen molar-refractivity contribution in [2.75, 3.05) is 18.9 Å². The van der Waals surface area contributed by atoms with Crippen LogP contribution in [0.4, 0.5) is 0 Å². The van der Waals surface area contributed by atoms with Gasteiger partial charge in [0.1, 0.15) is 18.7 Å². The number of nitrogens with zero attached hydrogens (tertiary/aromatic N) is 3. The predicted molar refractivity (Wildman–Crippen MR) is 90.8 cm³/mol. The first-order valence-electron chi connectivity index (χ1n) is 7.54. The topological polar surface area (TPSA) is 69.0 Å². The highest BCUT2D eigenvalue weighted by atomic mass is 32.2. The first-order chi connectivity index (χ1) is 11.1. The molecule has 0 bridgehead atoms. The zero-order valence-electron chi connectivity index (χ0n) is 13.7. The zero-order valence-corrected chi connectivity index (χ0v) is 14.5. The van der Waals surface area contributed by atoms with Crippen molar-refractivity contribution < 1.29 is 9.53 Å². The van der Waals surface area contributed by atoms with E-state index < -0.39 is 0 Å². The molecule has 1 N–H and O–H groups in total. The minimum Gasteiger partial charge on any atom is -0.492 e. The van der Waals surface area contributed by atoms with Gasteiger partial charge >= 0.3 is 0 Å². The number of hydrogen-bond donors (Lipinski definition) is 1. The van der Waals surface area contributed by atoms with E-state index in [9.17, 15) is 4.79 Å². The van der Waals surface area contributed by atoms with Gasteiger partial charge < -0.3 is 14.6 Å². The maximum atomic E-state index is 11.8. The van der Waals surface area contributed by atoms with Crippen molar-refractivity contribution in [1.29, 1.82) is 0 Å². The van der Waals surface area contributed by atoms with Crippen LogP contribution < -0.4 is 10.1 Å². The third kappa shape index (κ3) is 5.59. The Morgan fingerprint density at radius 3 is 3.00 bits per heavy atom. The van der Waals surface area contributed by atoms with Crippen molar-refractivity contribution >= 4 is 17.7 Å². The van der Waals surface area contributed by atoms with Gasteiger partial charge in [0.2, 0.25) is 5.91 Å². The number of ether oxygens (including phenoxy) is 1. The predicted octanol–water partition coefficient (Wildman–Crippen LogP) is 2.45. The van der Waals surface area contributed by atoms with E-state index in [4.69, 9.17) is 4.74 Å². The van der Waals surface area contributed by atoms with Crippen LogP contribution in [0.25, 0.3) is 0 Å². The second kappa shape index (κ2) is 8.57. The molecule has 2 aromatic rings. The fourth-order valence-corrected chi connectivity index (χ4v) is 2.81. The van der Waals surface area contributed by atoms with E-state index in [-0.39, 0.29) is 11.9 Å². The summed E-state index contributed by atoms with van der Waals surface area (Å²) in [6.07, 6.45) is 1.68. The van der Waals surface area contributed by atoms with E-state index in [0.717, 1.165) is 16.5 Å². The van der Waals surface area contributed by atoms with Crippen LogP contribution in [0.5, 0.6) is 5.75 Å². The van der Waals surface area contributed by atoms with Crippen LogP contribution in [0, 0.1) is 6.92 Å². The minimum atomic E-state index is -0.0406. The third-order valence-electron chi connectivity index (χ3n) is 3.11. The lowest BCUT2D eigenvalue weighted by atomic mass is 10.2. The van der Waals surface area contributed by atoms with Gasteiger partial charge in [0.25, 0.3) is 0 Å².